The SMILES string of the molecule is O=C(Cc1ccccn1)N1CCC[C@H](c2cncc(-c3cccc(C(F)(F)F)c3)n2)C1. The predicted molar refractivity (Wildman–Crippen MR) is 109 cm³/mol. The molecule has 1 atom stereocenters. The zero-order chi connectivity index (χ0) is 21.8. The Kier molecular flexibility index (Phi) is 5.97. The Morgan fingerprint density at radius 1 is 1.13 bits per heavy atom. The smallest absolute Gasteiger partial charge is 0.342 e. The molecular weight excluding hydrogens is 405 g/mol. The Bertz CT molecular complexity index is 1060. The van der Waals surface area contributed by atoms with Gasteiger partial charge in [-0.1, -0.05) is 18.2 Å². The maximum Gasteiger partial charge on any atom is 0.416 e. The van der Waals surface area contributed by atoms with E-state index < -0.39 is 11.7 Å². The number of carbonyl (C=O) groups is 1. The van der Waals surface area contributed by atoms with E-state index in [-0.39, 0.29) is 18.2 Å². The summed E-state index contributed by atoms with van der Waals surface area (Å²) in [5, 5.41) is 0. The first-order valence-corrected chi connectivity index (χ1v) is 10.1. The third-order valence-electron chi connectivity index (χ3n) is 5.39. The van der Waals surface area contributed by atoms with Crippen molar-refractivity contribution in [3.63, 3.8) is 0 Å². The summed E-state index contributed by atoms with van der Waals surface area (Å²) in [7, 11) is 0. The number of piperidine rings is 1. The monoisotopic (exact) mass is 426 g/mol. The van der Waals surface area contributed by atoms with E-state index in [2.05, 4.69) is 15.0 Å². The van der Waals surface area contributed by atoms with Gasteiger partial charge in [0.2, 0.25) is 5.91 Å². The van der Waals surface area contributed by atoms with Crippen LogP contribution in [0.2, 0.25) is 0 Å². The van der Waals surface area contributed by atoms with Crippen LogP contribution in [0.15, 0.2) is 61.1 Å². The van der Waals surface area contributed by atoms with Crippen LogP contribution in [0.4, 0.5) is 13.2 Å². The van der Waals surface area contributed by atoms with E-state index in [1.165, 1.54) is 12.3 Å². The van der Waals surface area contributed by atoms with E-state index in [4.69, 9.17) is 0 Å². The van der Waals surface area contributed by atoms with Gasteiger partial charge in [-0.3, -0.25) is 14.8 Å². The fourth-order valence-corrected chi connectivity index (χ4v) is 3.79. The summed E-state index contributed by atoms with van der Waals surface area (Å²) in [4.78, 5) is 27.5. The van der Waals surface area contributed by atoms with Crippen molar-refractivity contribution in [2.45, 2.75) is 31.4 Å². The van der Waals surface area contributed by atoms with E-state index in [9.17, 15) is 18.0 Å². The molecule has 0 spiro atoms. The van der Waals surface area contributed by atoms with Crippen LogP contribution in [0, 0.1) is 0 Å². The highest BCUT2D eigenvalue weighted by molar-refractivity contribution is 5.78. The maximum atomic E-state index is 13.1. The molecular formula is C23H21F3N4O. The van der Waals surface area contributed by atoms with Gasteiger partial charge in [0.05, 0.1) is 29.6 Å². The Morgan fingerprint density at radius 3 is 2.77 bits per heavy atom. The second-order valence-corrected chi connectivity index (χ2v) is 7.58. The van der Waals surface area contributed by atoms with Crippen molar-refractivity contribution in [1.82, 2.24) is 19.9 Å². The number of carbonyl (C=O) groups excluding carboxylic acids is 1. The second kappa shape index (κ2) is 8.83. The number of alkyl halides is 3. The van der Waals surface area contributed by atoms with Crippen molar-refractivity contribution in [3.8, 4) is 11.3 Å². The van der Waals surface area contributed by atoms with E-state index in [1.54, 1.807) is 24.5 Å². The lowest BCUT2D eigenvalue weighted by molar-refractivity contribution is -0.137. The zero-order valence-electron chi connectivity index (χ0n) is 16.7. The number of halogens is 3. The third kappa shape index (κ3) is 5.07. The third-order valence-corrected chi connectivity index (χ3v) is 5.39. The lowest BCUT2D eigenvalue weighted by Gasteiger charge is -2.32. The van der Waals surface area contributed by atoms with E-state index in [0.29, 0.717) is 30.0 Å². The van der Waals surface area contributed by atoms with Crippen molar-refractivity contribution in [1.29, 1.82) is 0 Å². The summed E-state index contributed by atoms with van der Waals surface area (Å²) in [6.07, 6.45) is 2.25. The van der Waals surface area contributed by atoms with Gasteiger partial charge in [0, 0.05) is 42.7 Å². The number of rotatable bonds is 4. The molecule has 0 unspecified atom stereocenters. The van der Waals surface area contributed by atoms with Crippen LogP contribution in [0.25, 0.3) is 11.3 Å². The average molecular weight is 426 g/mol. The maximum absolute atomic E-state index is 13.1. The number of pyridine rings is 1. The Balaban J connectivity index is 1.50. The van der Waals surface area contributed by atoms with E-state index in [0.717, 1.165) is 30.7 Å². The molecule has 0 N–H and O–H groups in total. The van der Waals surface area contributed by atoms with Gasteiger partial charge < -0.3 is 4.90 Å². The highest BCUT2D eigenvalue weighted by Gasteiger charge is 2.31. The molecule has 1 aliphatic heterocycles. The number of likely N-dealkylation sites (tertiary alicyclic amines) is 1. The first-order valence-electron chi connectivity index (χ1n) is 10.1. The van der Waals surface area contributed by atoms with Crippen LogP contribution in [0.5, 0.6) is 0 Å². The largest absolute Gasteiger partial charge is 0.416 e. The van der Waals surface area contributed by atoms with Crippen molar-refractivity contribution < 1.29 is 18.0 Å². The van der Waals surface area contributed by atoms with Crippen LogP contribution in [-0.4, -0.2) is 38.8 Å². The molecule has 0 saturated carbocycles. The molecule has 1 saturated heterocycles. The van der Waals surface area contributed by atoms with Gasteiger partial charge in [-0.05, 0) is 37.1 Å². The molecule has 1 amide bonds. The zero-order valence-corrected chi connectivity index (χ0v) is 16.7. The molecule has 0 aliphatic carbocycles. The summed E-state index contributed by atoms with van der Waals surface area (Å²) in [5.41, 5.74) is 1.44. The number of hydrogen-bond donors (Lipinski definition) is 0. The van der Waals surface area contributed by atoms with Gasteiger partial charge in [0.1, 0.15) is 0 Å². The standard InChI is InChI=1S/C23H21F3N4O/c24-23(25,26)18-7-3-5-16(11-18)20-13-27-14-21(29-20)17-6-4-10-30(15-17)22(31)12-19-8-1-2-9-28-19/h1-3,5,7-9,11,13-14,17H,4,6,10,12,15H2/t17-/m0/s1. The van der Waals surface area contributed by atoms with Crippen LogP contribution >= 0.6 is 0 Å². The van der Waals surface area contributed by atoms with Crippen molar-refractivity contribution in [2.75, 3.05) is 13.1 Å². The molecule has 3 heterocycles. The van der Waals surface area contributed by atoms with Gasteiger partial charge in [0.15, 0.2) is 0 Å². The molecule has 0 bridgehead atoms. The summed E-state index contributed by atoms with van der Waals surface area (Å²) in [6, 6.07) is 10.6. The summed E-state index contributed by atoms with van der Waals surface area (Å²) < 4.78 is 39.2. The minimum Gasteiger partial charge on any atom is -0.342 e. The molecule has 31 heavy (non-hydrogen) atoms. The minimum atomic E-state index is -4.42. The highest BCUT2D eigenvalue weighted by atomic mass is 19.4. The average Bonchev–Trinajstić information content (AvgIpc) is 2.79. The lowest BCUT2D eigenvalue weighted by atomic mass is 9.94. The molecule has 5 nitrogen and oxygen atoms in total. The number of hydrogen-bond acceptors (Lipinski definition) is 4. The fourth-order valence-electron chi connectivity index (χ4n) is 3.79. The predicted octanol–water partition coefficient (Wildman–Crippen LogP) is 4.51. The molecule has 1 fully saturated rings. The number of benzene rings is 1. The lowest BCUT2D eigenvalue weighted by Crippen LogP contribution is -2.40. The molecule has 1 aliphatic rings. The Morgan fingerprint density at radius 2 is 2.00 bits per heavy atom. The summed E-state index contributed by atoms with van der Waals surface area (Å²) in [6.45, 7) is 1.18. The Labute approximate surface area is 178 Å². The molecule has 8 heteroatoms. The van der Waals surface area contributed by atoms with Gasteiger partial charge in [-0.2, -0.15) is 13.2 Å². The number of aromatic nitrogens is 3. The number of amides is 1. The molecule has 4 rings (SSSR count). The summed E-state index contributed by atoms with van der Waals surface area (Å²) >= 11 is 0. The van der Waals surface area contributed by atoms with Crippen LogP contribution in [0.3, 0.4) is 0 Å². The van der Waals surface area contributed by atoms with E-state index >= 15 is 0 Å². The first kappa shape index (κ1) is 21.0. The molecule has 1 aromatic carbocycles. The first-order chi connectivity index (χ1) is 14.9. The minimum absolute atomic E-state index is 0.00499. The highest BCUT2D eigenvalue weighted by Crippen LogP contribution is 2.32. The Hall–Kier alpha value is -3.29. The molecule has 2 aromatic heterocycles. The second-order valence-electron chi connectivity index (χ2n) is 7.58. The van der Waals surface area contributed by atoms with Crippen LogP contribution in [-0.2, 0) is 17.4 Å². The van der Waals surface area contributed by atoms with Crippen LogP contribution in [0.1, 0.15) is 35.7 Å². The van der Waals surface area contributed by atoms with Gasteiger partial charge >= 0.3 is 6.18 Å². The summed E-state index contributed by atoms with van der Waals surface area (Å²) in [5.74, 6) is -0.00919. The molecule has 0 radical (unpaired) electrons. The molecule has 160 valence electrons. The fraction of sp³-hybridized carbons (Fsp3) is 0.304. The van der Waals surface area contributed by atoms with Gasteiger partial charge in [-0.15, -0.1) is 0 Å². The van der Waals surface area contributed by atoms with Crippen molar-refractivity contribution >= 4 is 5.91 Å². The normalized spacial score (nSPS) is 16.9. The van der Waals surface area contributed by atoms with Crippen LogP contribution < -0.4 is 0 Å². The van der Waals surface area contributed by atoms with Crippen molar-refractivity contribution in [2.24, 2.45) is 0 Å². The van der Waals surface area contributed by atoms with Gasteiger partial charge in [0.25, 0.3) is 0 Å². The topological polar surface area (TPSA) is 59.0 Å². The molecule has 3 aromatic rings. The number of nitrogens with zero attached hydrogens (tertiary/aromatic N) is 4. The van der Waals surface area contributed by atoms with Gasteiger partial charge in [-0.25, -0.2) is 4.98 Å². The van der Waals surface area contributed by atoms with Crippen molar-refractivity contribution in [3.05, 3.63) is 78.0 Å². The van der Waals surface area contributed by atoms with E-state index in [1.807, 2.05) is 17.0 Å². The quantitative estimate of drug-likeness (QED) is 0.616.